The van der Waals surface area contributed by atoms with Crippen molar-refractivity contribution < 1.29 is 4.74 Å². The molecule has 0 radical (unpaired) electrons. The summed E-state index contributed by atoms with van der Waals surface area (Å²) >= 11 is 7.03. The van der Waals surface area contributed by atoms with E-state index in [1.807, 2.05) is 12.3 Å². The first-order valence-corrected chi connectivity index (χ1v) is 7.85. The third-order valence-corrected chi connectivity index (χ3v) is 4.24. The van der Waals surface area contributed by atoms with Gasteiger partial charge in [-0.1, -0.05) is 6.07 Å². The van der Waals surface area contributed by atoms with E-state index in [1.54, 1.807) is 13.3 Å². The minimum absolute atomic E-state index is 0.253. The number of hydrogen-bond donors (Lipinski definition) is 1. The number of aromatic nitrogens is 1. The molecule has 1 aromatic heterocycles. The van der Waals surface area contributed by atoms with Crippen molar-refractivity contribution in [3.05, 3.63) is 56.7 Å². The Balaban J connectivity index is 2.04. The van der Waals surface area contributed by atoms with E-state index in [-0.39, 0.29) is 6.04 Å². The highest BCUT2D eigenvalue weighted by atomic mass is 79.9. The summed E-state index contributed by atoms with van der Waals surface area (Å²) < 4.78 is 7.19. The Bertz CT molecular complexity index is 552. The van der Waals surface area contributed by atoms with Gasteiger partial charge in [-0.3, -0.25) is 4.98 Å². The molecule has 1 N–H and O–H groups in total. The smallest absolute Gasteiger partial charge is 0.147 e. The molecular weight excluding hydrogens is 384 g/mol. The molecule has 0 unspecified atom stereocenters. The van der Waals surface area contributed by atoms with Gasteiger partial charge in [0.05, 0.1) is 16.1 Å². The monoisotopic (exact) mass is 398 g/mol. The maximum absolute atomic E-state index is 5.30. The molecule has 0 saturated carbocycles. The van der Waals surface area contributed by atoms with Crippen LogP contribution in [0.5, 0.6) is 5.75 Å². The molecule has 2 rings (SSSR count). The summed E-state index contributed by atoms with van der Waals surface area (Å²) in [4.78, 5) is 4.14. The van der Waals surface area contributed by atoms with Crippen molar-refractivity contribution in [1.82, 2.24) is 10.3 Å². The molecule has 1 heterocycles. The molecule has 0 fully saturated rings. The maximum Gasteiger partial charge on any atom is 0.147 e. The number of nitrogens with zero attached hydrogens (tertiary/aromatic N) is 1. The number of pyridine rings is 1. The average Bonchev–Trinajstić information content (AvgIpc) is 2.45. The van der Waals surface area contributed by atoms with E-state index < -0.39 is 0 Å². The Kier molecular flexibility index (Phi) is 5.57. The van der Waals surface area contributed by atoms with Crippen LogP contribution in [0.3, 0.4) is 0 Å². The van der Waals surface area contributed by atoms with Crippen molar-refractivity contribution >= 4 is 31.9 Å². The first kappa shape index (κ1) is 15.5. The van der Waals surface area contributed by atoms with E-state index in [2.05, 4.69) is 67.3 Å². The van der Waals surface area contributed by atoms with Crippen molar-refractivity contribution in [1.29, 1.82) is 0 Å². The summed E-state index contributed by atoms with van der Waals surface area (Å²) in [5.41, 5.74) is 2.36. The fraction of sp³-hybridized carbons (Fsp3) is 0.267. The third kappa shape index (κ3) is 3.81. The van der Waals surface area contributed by atoms with Gasteiger partial charge in [-0.2, -0.15) is 0 Å². The van der Waals surface area contributed by atoms with Crippen LogP contribution in [-0.4, -0.2) is 12.1 Å². The molecule has 2 aromatic rings. The van der Waals surface area contributed by atoms with Crippen molar-refractivity contribution in [2.24, 2.45) is 0 Å². The van der Waals surface area contributed by atoms with Crippen LogP contribution in [0.15, 0.2) is 45.6 Å². The molecule has 0 bridgehead atoms. The lowest BCUT2D eigenvalue weighted by atomic mass is 10.1. The standard InChI is InChI=1S/C15H16Br2N2O/c1-10(12-4-3-5-18-9-12)19-8-11-6-13(16)15(20-2)14(17)7-11/h3-7,9-10,19H,8H2,1-2H3/t10-/m0/s1. The summed E-state index contributed by atoms with van der Waals surface area (Å²) in [5.74, 6) is 0.814. The van der Waals surface area contributed by atoms with Crippen LogP contribution in [0, 0.1) is 0 Å². The molecule has 0 aliphatic rings. The van der Waals surface area contributed by atoms with Gasteiger partial charge in [0.1, 0.15) is 5.75 Å². The fourth-order valence-electron chi connectivity index (χ4n) is 1.93. The van der Waals surface area contributed by atoms with Gasteiger partial charge in [-0.25, -0.2) is 0 Å². The average molecular weight is 400 g/mol. The summed E-state index contributed by atoms with van der Waals surface area (Å²) in [6, 6.07) is 8.40. The first-order chi connectivity index (χ1) is 9.61. The lowest BCUT2D eigenvalue weighted by Crippen LogP contribution is -2.18. The first-order valence-electron chi connectivity index (χ1n) is 6.27. The van der Waals surface area contributed by atoms with Gasteiger partial charge < -0.3 is 10.1 Å². The summed E-state index contributed by atoms with van der Waals surface area (Å²) in [7, 11) is 1.66. The Morgan fingerprint density at radius 2 is 2.00 bits per heavy atom. The lowest BCUT2D eigenvalue weighted by molar-refractivity contribution is 0.409. The van der Waals surface area contributed by atoms with Gasteiger partial charge in [0, 0.05) is 25.0 Å². The van der Waals surface area contributed by atoms with Gasteiger partial charge >= 0.3 is 0 Å². The number of halogens is 2. The second kappa shape index (κ2) is 7.20. The lowest BCUT2D eigenvalue weighted by Gasteiger charge is -2.15. The molecule has 5 heteroatoms. The Morgan fingerprint density at radius 1 is 1.30 bits per heavy atom. The van der Waals surface area contributed by atoms with E-state index in [9.17, 15) is 0 Å². The molecule has 20 heavy (non-hydrogen) atoms. The van der Waals surface area contributed by atoms with Gasteiger partial charge in [0.15, 0.2) is 0 Å². The van der Waals surface area contributed by atoms with Gasteiger partial charge in [0.25, 0.3) is 0 Å². The minimum Gasteiger partial charge on any atom is -0.494 e. The zero-order valence-electron chi connectivity index (χ0n) is 11.4. The number of methoxy groups -OCH3 is 1. The van der Waals surface area contributed by atoms with Crippen molar-refractivity contribution in [3.63, 3.8) is 0 Å². The minimum atomic E-state index is 0.253. The van der Waals surface area contributed by atoms with Crippen LogP contribution in [-0.2, 0) is 6.54 Å². The normalized spacial score (nSPS) is 12.2. The molecule has 0 amide bonds. The van der Waals surface area contributed by atoms with Crippen LogP contribution in [0.25, 0.3) is 0 Å². The second-order valence-electron chi connectivity index (χ2n) is 4.48. The van der Waals surface area contributed by atoms with Crippen molar-refractivity contribution in [3.8, 4) is 5.75 Å². The van der Waals surface area contributed by atoms with E-state index in [0.29, 0.717) is 0 Å². The molecule has 0 saturated heterocycles. The largest absolute Gasteiger partial charge is 0.494 e. The van der Waals surface area contributed by atoms with Crippen LogP contribution in [0.4, 0.5) is 0 Å². The SMILES string of the molecule is COc1c(Br)cc(CN[C@@H](C)c2cccnc2)cc1Br. The third-order valence-electron chi connectivity index (χ3n) is 3.06. The highest BCUT2D eigenvalue weighted by molar-refractivity contribution is 9.11. The predicted octanol–water partition coefficient (Wildman–Crippen LogP) is 4.47. The molecule has 3 nitrogen and oxygen atoms in total. The van der Waals surface area contributed by atoms with Gasteiger partial charge in [-0.15, -0.1) is 0 Å². The number of ether oxygens (including phenoxy) is 1. The Labute approximate surface area is 136 Å². The highest BCUT2D eigenvalue weighted by Gasteiger charge is 2.09. The Morgan fingerprint density at radius 3 is 2.55 bits per heavy atom. The van der Waals surface area contributed by atoms with Crippen LogP contribution < -0.4 is 10.1 Å². The second-order valence-corrected chi connectivity index (χ2v) is 6.19. The fourth-order valence-corrected chi connectivity index (χ4v) is 3.54. The molecule has 1 aromatic carbocycles. The summed E-state index contributed by atoms with van der Waals surface area (Å²) in [6.07, 6.45) is 3.67. The zero-order valence-corrected chi connectivity index (χ0v) is 14.5. The van der Waals surface area contributed by atoms with Gasteiger partial charge in [0.2, 0.25) is 0 Å². The van der Waals surface area contributed by atoms with E-state index >= 15 is 0 Å². The molecule has 0 aliphatic heterocycles. The van der Waals surface area contributed by atoms with Gasteiger partial charge in [-0.05, 0) is 68.1 Å². The van der Waals surface area contributed by atoms with Crippen molar-refractivity contribution in [2.75, 3.05) is 7.11 Å². The summed E-state index contributed by atoms with van der Waals surface area (Å²) in [5, 5.41) is 3.48. The molecule has 1 atom stereocenters. The number of nitrogens with one attached hydrogen (secondary N) is 1. The highest BCUT2D eigenvalue weighted by Crippen LogP contribution is 2.34. The van der Waals surface area contributed by atoms with Crippen molar-refractivity contribution in [2.45, 2.75) is 19.5 Å². The zero-order chi connectivity index (χ0) is 14.5. The number of hydrogen-bond acceptors (Lipinski definition) is 3. The molecule has 106 valence electrons. The Hall–Kier alpha value is -0.910. The maximum atomic E-state index is 5.30. The van der Waals surface area contributed by atoms with E-state index in [4.69, 9.17) is 4.74 Å². The van der Waals surface area contributed by atoms with E-state index in [0.717, 1.165) is 21.2 Å². The number of benzene rings is 1. The molecule has 0 aliphatic carbocycles. The number of rotatable bonds is 5. The topological polar surface area (TPSA) is 34.1 Å². The quantitative estimate of drug-likeness (QED) is 0.805. The van der Waals surface area contributed by atoms with Crippen LogP contribution in [0.2, 0.25) is 0 Å². The van der Waals surface area contributed by atoms with E-state index in [1.165, 1.54) is 11.1 Å². The molecule has 0 spiro atoms. The molecular formula is C15H16Br2N2O. The predicted molar refractivity (Wildman–Crippen MR) is 87.9 cm³/mol. The summed E-state index contributed by atoms with van der Waals surface area (Å²) in [6.45, 7) is 2.90. The van der Waals surface area contributed by atoms with Crippen LogP contribution >= 0.6 is 31.9 Å². The van der Waals surface area contributed by atoms with Crippen LogP contribution in [0.1, 0.15) is 24.1 Å².